The van der Waals surface area contributed by atoms with Crippen molar-refractivity contribution in [1.82, 2.24) is 4.90 Å². The fourth-order valence-electron chi connectivity index (χ4n) is 2.91. The number of hydrogen-bond acceptors (Lipinski definition) is 2. The van der Waals surface area contributed by atoms with Gasteiger partial charge in [0.15, 0.2) is 0 Å². The van der Waals surface area contributed by atoms with E-state index in [1.165, 1.54) is 0 Å². The highest BCUT2D eigenvalue weighted by molar-refractivity contribution is 5.89. The molecule has 0 unspecified atom stereocenters. The van der Waals surface area contributed by atoms with Crippen LogP contribution in [0.25, 0.3) is 0 Å². The Morgan fingerprint density at radius 1 is 1.24 bits per heavy atom. The molecule has 1 aliphatic heterocycles. The van der Waals surface area contributed by atoms with Crippen LogP contribution in [-0.2, 0) is 4.79 Å². The number of piperidine rings is 1. The minimum atomic E-state index is -0.729. The molecular formula is C16H22N2O3. The number of para-hydroxylation sites is 1. The minimum absolute atomic E-state index is 0.156. The molecule has 2 rings (SSSR count). The van der Waals surface area contributed by atoms with Crippen molar-refractivity contribution in [2.24, 2.45) is 5.41 Å². The second-order valence-electron chi connectivity index (χ2n) is 5.62. The lowest BCUT2D eigenvalue weighted by Crippen LogP contribution is -2.47. The summed E-state index contributed by atoms with van der Waals surface area (Å²) >= 11 is 0. The number of hydrogen-bond donors (Lipinski definition) is 2. The molecule has 0 aromatic heterocycles. The van der Waals surface area contributed by atoms with Gasteiger partial charge in [-0.3, -0.25) is 4.79 Å². The molecule has 1 aromatic rings. The van der Waals surface area contributed by atoms with E-state index in [-0.39, 0.29) is 6.03 Å². The first-order chi connectivity index (χ1) is 10.1. The second-order valence-corrected chi connectivity index (χ2v) is 5.62. The number of amides is 2. The molecule has 0 spiro atoms. The molecule has 114 valence electrons. The van der Waals surface area contributed by atoms with E-state index in [9.17, 15) is 14.7 Å². The van der Waals surface area contributed by atoms with Gasteiger partial charge in [-0.15, -0.1) is 0 Å². The van der Waals surface area contributed by atoms with Gasteiger partial charge < -0.3 is 15.3 Å². The maximum atomic E-state index is 12.2. The first kappa shape index (κ1) is 15.4. The van der Waals surface area contributed by atoms with Gasteiger partial charge in [-0.25, -0.2) is 4.79 Å². The molecule has 0 saturated carbocycles. The van der Waals surface area contributed by atoms with Crippen LogP contribution >= 0.6 is 0 Å². The van der Waals surface area contributed by atoms with E-state index in [1.54, 1.807) is 4.90 Å². The van der Waals surface area contributed by atoms with Gasteiger partial charge in [-0.05, 0) is 31.4 Å². The molecule has 5 nitrogen and oxygen atoms in total. The van der Waals surface area contributed by atoms with E-state index in [2.05, 4.69) is 5.32 Å². The van der Waals surface area contributed by atoms with Crippen molar-refractivity contribution in [1.29, 1.82) is 0 Å². The van der Waals surface area contributed by atoms with Crippen LogP contribution in [0.2, 0.25) is 0 Å². The number of nitrogens with zero attached hydrogens (tertiary/aromatic N) is 1. The van der Waals surface area contributed by atoms with Crippen molar-refractivity contribution >= 4 is 17.7 Å². The molecule has 1 heterocycles. The summed E-state index contributed by atoms with van der Waals surface area (Å²) in [6.07, 6.45) is 2.58. The SMILES string of the molecule is CCCC1(C(=O)O)CCN(C(=O)Nc2ccccc2)CC1. The molecule has 0 aliphatic carbocycles. The summed E-state index contributed by atoms with van der Waals surface area (Å²) in [4.78, 5) is 25.4. The first-order valence-corrected chi connectivity index (χ1v) is 7.42. The van der Waals surface area contributed by atoms with Crippen molar-refractivity contribution in [3.8, 4) is 0 Å². The second kappa shape index (κ2) is 6.61. The number of carbonyl (C=O) groups is 2. The third-order valence-corrected chi connectivity index (χ3v) is 4.22. The van der Waals surface area contributed by atoms with Gasteiger partial charge in [0.05, 0.1) is 5.41 Å². The third-order valence-electron chi connectivity index (χ3n) is 4.22. The number of carbonyl (C=O) groups excluding carboxylic acids is 1. The fourth-order valence-corrected chi connectivity index (χ4v) is 2.91. The molecular weight excluding hydrogens is 268 g/mol. The normalized spacial score (nSPS) is 17.3. The Kier molecular flexibility index (Phi) is 4.83. The number of aliphatic carboxylic acids is 1. The van der Waals surface area contributed by atoms with Crippen LogP contribution in [0.15, 0.2) is 30.3 Å². The zero-order valence-corrected chi connectivity index (χ0v) is 12.3. The van der Waals surface area contributed by atoms with E-state index in [4.69, 9.17) is 0 Å². The highest BCUT2D eigenvalue weighted by Gasteiger charge is 2.41. The Morgan fingerprint density at radius 2 is 1.86 bits per heavy atom. The Bertz CT molecular complexity index is 494. The number of likely N-dealkylation sites (tertiary alicyclic amines) is 1. The largest absolute Gasteiger partial charge is 0.481 e. The monoisotopic (exact) mass is 290 g/mol. The zero-order valence-electron chi connectivity index (χ0n) is 12.3. The van der Waals surface area contributed by atoms with Crippen molar-refractivity contribution in [3.63, 3.8) is 0 Å². The molecule has 21 heavy (non-hydrogen) atoms. The average Bonchev–Trinajstić information content (AvgIpc) is 2.49. The summed E-state index contributed by atoms with van der Waals surface area (Å²) in [7, 11) is 0. The number of rotatable bonds is 4. The number of benzene rings is 1. The maximum Gasteiger partial charge on any atom is 0.321 e. The van der Waals surface area contributed by atoms with Gasteiger partial charge in [-0.1, -0.05) is 31.5 Å². The van der Waals surface area contributed by atoms with E-state index < -0.39 is 11.4 Å². The molecule has 1 saturated heterocycles. The molecule has 0 bridgehead atoms. The van der Waals surface area contributed by atoms with Crippen LogP contribution < -0.4 is 5.32 Å². The molecule has 1 fully saturated rings. The summed E-state index contributed by atoms with van der Waals surface area (Å²) in [5.74, 6) is -0.729. The van der Waals surface area contributed by atoms with Gasteiger partial charge in [0.1, 0.15) is 0 Å². The molecule has 1 aliphatic rings. The van der Waals surface area contributed by atoms with Crippen LogP contribution in [0, 0.1) is 5.41 Å². The van der Waals surface area contributed by atoms with E-state index >= 15 is 0 Å². The Morgan fingerprint density at radius 3 is 2.38 bits per heavy atom. The quantitative estimate of drug-likeness (QED) is 0.894. The summed E-state index contributed by atoms with van der Waals surface area (Å²) in [5.41, 5.74) is 0.101. The zero-order chi connectivity index (χ0) is 15.3. The minimum Gasteiger partial charge on any atom is -0.481 e. The van der Waals surface area contributed by atoms with Crippen molar-refractivity contribution in [3.05, 3.63) is 30.3 Å². The van der Waals surface area contributed by atoms with E-state index in [1.807, 2.05) is 37.3 Å². The summed E-state index contributed by atoms with van der Waals surface area (Å²) in [5, 5.41) is 12.3. The van der Waals surface area contributed by atoms with Crippen LogP contribution in [0.1, 0.15) is 32.6 Å². The molecule has 2 N–H and O–H groups in total. The lowest BCUT2D eigenvalue weighted by atomic mass is 9.75. The summed E-state index contributed by atoms with van der Waals surface area (Å²) in [6.45, 7) is 2.98. The Balaban J connectivity index is 1.94. The molecule has 5 heteroatoms. The standard InChI is InChI=1S/C16H22N2O3/c1-2-8-16(14(19)20)9-11-18(12-10-16)15(21)17-13-6-4-3-5-7-13/h3-7H,2,8-12H2,1H3,(H,17,21)(H,19,20). The highest BCUT2D eigenvalue weighted by Crippen LogP contribution is 2.36. The lowest BCUT2D eigenvalue weighted by molar-refractivity contribution is -0.152. The van der Waals surface area contributed by atoms with Gasteiger partial charge in [0.2, 0.25) is 0 Å². The van der Waals surface area contributed by atoms with Crippen molar-refractivity contribution < 1.29 is 14.7 Å². The predicted molar refractivity (Wildman–Crippen MR) is 81.2 cm³/mol. The summed E-state index contributed by atoms with van der Waals surface area (Å²) in [6, 6.07) is 9.13. The summed E-state index contributed by atoms with van der Waals surface area (Å²) < 4.78 is 0. The fraction of sp³-hybridized carbons (Fsp3) is 0.500. The van der Waals surface area contributed by atoms with Crippen LogP contribution in [0.3, 0.4) is 0 Å². The topological polar surface area (TPSA) is 69.6 Å². The Hall–Kier alpha value is -2.04. The number of carboxylic acid groups (broad SMARTS) is 1. The Labute approximate surface area is 125 Å². The molecule has 1 aromatic carbocycles. The van der Waals surface area contributed by atoms with Crippen LogP contribution in [-0.4, -0.2) is 35.1 Å². The lowest BCUT2D eigenvalue weighted by Gasteiger charge is -2.38. The van der Waals surface area contributed by atoms with Gasteiger partial charge in [0, 0.05) is 18.8 Å². The number of anilines is 1. The number of urea groups is 1. The predicted octanol–water partition coefficient (Wildman–Crippen LogP) is 3.19. The maximum absolute atomic E-state index is 12.2. The van der Waals surface area contributed by atoms with Crippen LogP contribution in [0.4, 0.5) is 10.5 Å². The first-order valence-electron chi connectivity index (χ1n) is 7.42. The van der Waals surface area contributed by atoms with Crippen LogP contribution in [0.5, 0.6) is 0 Å². The smallest absolute Gasteiger partial charge is 0.321 e. The molecule has 0 radical (unpaired) electrons. The highest BCUT2D eigenvalue weighted by atomic mass is 16.4. The van der Waals surface area contributed by atoms with Crippen molar-refractivity contribution in [2.45, 2.75) is 32.6 Å². The van der Waals surface area contributed by atoms with E-state index in [0.29, 0.717) is 32.4 Å². The third kappa shape index (κ3) is 3.54. The average molecular weight is 290 g/mol. The number of nitrogens with one attached hydrogen (secondary N) is 1. The molecule has 2 amide bonds. The van der Waals surface area contributed by atoms with Gasteiger partial charge >= 0.3 is 12.0 Å². The van der Waals surface area contributed by atoms with Gasteiger partial charge in [-0.2, -0.15) is 0 Å². The molecule has 0 atom stereocenters. The van der Waals surface area contributed by atoms with Gasteiger partial charge in [0.25, 0.3) is 0 Å². The van der Waals surface area contributed by atoms with Crippen molar-refractivity contribution in [2.75, 3.05) is 18.4 Å². The van der Waals surface area contributed by atoms with E-state index in [0.717, 1.165) is 12.1 Å². The number of carboxylic acids is 1.